The normalized spacial score (nSPS) is 25.0. The van der Waals surface area contributed by atoms with Crippen LogP contribution in [0.4, 0.5) is 0 Å². The van der Waals surface area contributed by atoms with Crippen LogP contribution in [0.5, 0.6) is 5.75 Å². The van der Waals surface area contributed by atoms with Gasteiger partial charge >= 0.3 is 0 Å². The van der Waals surface area contributed by atoms with Crippen LogP contribution in [0.1, 0.15) is 38.7 Å². The highest BCUT2D eigenvalue weighted by molar-refractivity contribution is 6.01. The summed E-state index contributed by atoms with van der Waals surface area (Å²) in [5.74, 6) is 2.12. The van der Waals surface area contributed by atoms with Gasteiger partial charge in [0.2, 0.25) is 0 Å². The molecule has 0 bridgehead atoms. The van der Waals surface area contributed by atoms with Crippen molar-refractivity contribution in [3.8, 4) is 5.75 Å². The van der Waals surface area contributed by atoms with E-state index in [2.05, 4.69) is 48.3 Å². The summed E-state index contributed by atoms with van der Waals surface area (Å²) in [5, 5.41) is 3.42. The molecule has 0 spiro atoms. The van der Waals surface area contributed by atoms with E-state index in [1.807, 2.05) is 0 Å². The fourth-order valence-electron chi connectivity index (χ4n) is 3.32. The maximum Gasteiger partial charge on any atom is 0.135 e. The zero-order valence-electron chi connectivity index (χ0n) is 13.7. The number of ether oxygens (including phenoxy) is 1. The van der Waals surface area contributed by atoms with Gasteiger partial charge in [-0.1, -0.05) is 32.4 Å². The van der Waals surface area contributed by atoms with Gasteiger partial charge in [-0.15, -0.1) is 0 Å². The second kappa shape index (κ2) is 7.14. The van der Waals surface area contributed by atoms with E-state index in [0.717, 1.165) is 62.6 Å². The van der Waals surface area contributed by atoms with Crippen LogP contribution in [0.25, 0.3) is 0 Å². The molecule has 1 N–H and O–H groups in total. The third kappa shape index (κ3) is 3.12. The van der Waals surface area contributed by atoms with Crippen LogP contribution in [-0.2, 0) is 0 Å². The number of aliphatic imine (C=N–C) groups is 1. The summed E-state index contributed by atoms with van der Waals surface area (Å²) < 4.78 is 6.37. The van der Waals surface area contributed by atoms with Crippen molar-refractivity contribution in [2.24, 2.45) is 4.99 Å². The molecule has 1 aromatic rings. The standard InChI is InChI=1S/C18H27N3O/c1-3-7-17-15(4-2)20-18(21-12-10-19-11-13-21)14-8-5-6-9-16(14)22-17/h5-6,8-9,15,17,19H,3-4,7,10-13H2,1-2H3. The SMILES string of the molecule is CCCC1Oc2ccccc2C(N2CCNCC2)=NC1CC. The summed E-state index contributed by atoms with van der Waals surface area (Å²) in [4.78, 5) is 7.56. The Morgan fingerprint density at radius 2 is 2.00 bits per heavy atom. The van der Waals surface area contributed by atoms with Crippen LogP contribution in [0, 0.1) is 0 Å². The monoisotopic (exact) mass is 301 g/mol. The second-order valence-corrected chi connectivity index (χ2v) is 6.11. The highest BCUT2D eigenvalue weighted by Gasteiger charge is 2.29. The third-order valence-corrected chi connectivity index (χ3v) is 4.53. The Hall–Kier alpha value is -1.55. The first-order valence-electron chi connectivity index (χ1n) is 8.63. The lowest BCUT2D eigenvalue weighted by molar-refractivity contribution is 0.161. The van der Waals surface area contributed by atoms with Crippen LogP contribution < -0.4 is 10.1 Å². The Labute approximate surface area is 133 Å². The molecule has 1 saturated heterocycles. The average Bonchev–Trinajstić information content (AvgIpc) is 2.72. The van der Waals surface area contributed by atoms with Gasteiger partial charge in [0.05, 0.1) is 11.6 Å². The number of rotatable bonds is 3. The van der Waals surface area contributed by atoms with Crippen molar-refractivity contribution in [1.82, 2.24) is 10.2 Å². The quantitative estimate of drug-likeness (QED) is 0.932. The van der Waals surface area contributed by atoms with E-state index in [4.69, 9.17) is 9.73 Å². The lowest BCUT2D eigenvalue weighted by Crippen LogP contribution is -2.47. The van der Waals surface area contributed by atoms with Crippen molar-refractivity contribution in [3.63, 3.8) is 0 Å². The van der Waals surface area contributed by atoms with Crippen molar-refractivity contribution in [1.29, 1.82) is 0 Å². The lowest BCUT2D eigenvalue weighted by Gasteiger charge is -2.31. The zero-order valence-corrected chi connectivity index (χ0v) is 13.7. The van der Waals surface area contributed by atoms with E-state index >= 15 is 0 Å². The molecule has 3 rings (SSSR count). The minimum absolute atomic E-state index is 0.191. The average molecular weight is 301 g/mol. The minimum Gasteiger partial charge on any atom is -0.487 e. The Kier molecular flexibility index (Phi) is 4.98. The van der Waals surface area contributed by atoms with Crippen LogP contribution >= 0.6 is 0 Å². The number of piperazine rings is 1. The fraction of sp³-hybridized carbons (Fsp3) is 0.611. The smallest absolute Gasteiger partial charge is 0.135 e. The number of benzene rings is 1. The third-order valence-electron chi connectivity index (χ3n) is 4.53. The molecule has 0 aromatic heterocycles. The number of nitrogens with zero attached hydrogens (tertiary/aromatic N) is 2. The maximum absolute atomic E-state index is 6.37. The molecule has 0 aliphatic carbocycles. The predicted octanol–water partition coefficient (Wildman–Crippen LogP) is 2.68. The van der Waals surface area contributed by atoms with E-state index in [1.54, 1.807) is 0 Å². The van der Waals surface area contributed by atoms with Crippen LogP contribution in [0.15, 0.2) is 29.3 Å². The molecule has 2 aliphatic heterocycles. The van der Waals surface area contributed by atoms with E-state index < -0.39 is 0 Å². The first-order chi connectivity index (χ1) is 10.8. The molecule has 0 radical (unpaired) electrons. The number of para-hydroxylation sites is 1. The molecule has 4 nitrogen and oxygen atoms in total. The molecule has 4 heteroatoms. The van der Waals surface area contributed by atoms with Gasteiger partial charge in [-0.3, -0.25) is 4.99 Å². The number of fused-ring (bicyclic) bond motifs is 1. The Bertz CT molecular complexity index is 523. The van der Waals surface area contributed by atoms with E-state index in [-0.39, 0.29) is 12.1 Å². The first-order valence-corrected chi connectivity index (χ1v) is 8.63. The largest absolute Gasteiger partial charge is 0.487 e. The highest BCUT2D eigenvalue weighted by Crippen LogP contribution is 2.29. The highest BCUT2D eigenvalue weighted by atomic mass is 16.5. The van der Waals surface area contributed by atoms with Crippen molar-refractivity contribution < 1.29 is 4.74 Å². The van der Waals surface area contributed by atoms with Crippen LogP contribution in [0.2, 0.25) is 0 Å². The van der Waals surface area contributed by atoms with Crippen molar-refractivity contribution in [2.75, 3.05) is 26.2 Å². The summed E-state index contributed by atoms with van der Waals surface area (Å²) in [6, 6.07) is 8.63. The van der Waals surface area contributed by atoms with Gasteiger partial charge in [-0.05, 0) is 25.0 Å². The Balaban J connectivity index is 1.99. The van der Waals surface area contributed by atoms with Gasteiger partial charge in [-0.2, -0.15) is 0 Å². The number of hydrogen-bond donors (Lipinski definition) is 1. The van der Waals surface area contributed by atoms with E-state index in [1.165, 1.54) is 0 Å². The van der Waals surface area contributed by atoms with Crippen molar-refractivity contribution >= 4 is 5.84 Å². The van der Waals surface area contributed by atoms with Gasteiger partial charge in [0.1, 0.15) is 17.7 Å². The molecule has 0 saturated carbocycles. The molecule has 0 amide bonds. The zero-order chi connectivity index (χ0) is 15.4. The molecule has 2 atom stereocenters. The number of hydrogen-bond acceptors (Lipinski definition) is 4. The van der Waals surface area contributed by atoms with Crippen LogP contribution in [-0.4, -0.2) is 49.1 Å². The summed E-state index contributed by atoms with van der Waals surface area (Å²) in [6.45, 7) is 8.51. The molecule has 1 aromatic carbocycles. The predicted molar refractivity (Wildman–Crippen MR) is 90.8 cm³/mol. The molecular weight excluding hydrogens is 274 g/mol. The van der Waals surface area contributed by atoms with Crippen molar-refractivity contribution in [2.45, 2.75) is 45.3 Å². The summed E-state index contributed by atoms with van der Waals surface area (Å²) in [5.41, 5.74) is 1.15. The van der Waals surface area contributed by atoms with Crippen LogP contribution in [0.3, 0.4) is 0 Å². The Morgan fingerprint density at radius 1 is 1.23 bits per heavy atom. The Morgan fingerprint density at radius 3 is 2.73 bits per heavy atom. The van der Waals surface area contributed by atoms with Gasteiger partial charge < -0.3 is 15.0 Å². The molecule has 1 fully saturated rings. The minimum atomic E-state index is 0.191. The van der Waals surface area contributed by atoms with Gasteiger partial charge in [0, 0.05) is 26.2 Å². The lowest BCUT2D eigenvalue weighted by atomic mass is 10.0. The van der Waals surface area contributed by atoms with Crippen molar-refractivity contribution in [3.05, 3.63) is 29.8 Å². The molecule has 2 heterocycles. The second-order valence-electron chi connectivity index (χ2n) is 6.11. The molecule has 2 unspecified atom stereocenters. The summed E-state index contributed by atoms with van der Waals surface area (Å²) in [7, 11) is 0. The summed E-state index contributed by atoms with van der Waals surface area (Å²) >= 11 is 0. The van der Waals surface area contributed by atoms with E-state index in [9.17, 15) is 0 Å². The van der Waals surface area contributed by atoms with Gasteiger partial charge in [0.15, 0.2) is 0 Å². The molecular formula is C18H27N3O. The van der Waals surface area contributed by atoms with E-state index in [0.29, 0.717) is 0 Å². The van der Waals surface area contributed by atoms with Gasteiger partial charge in [-0.25, -0.2) is 0 Å². The fourth-order valence-corrected chi connectivity index (χ4v) is 3.32. The van der Waals surface area contributed by atoms with Gasteiger partial charge in [0.25, 0.3) is 0 Å². The number of amidine groups is 1. The summed E-state index contributed by atoms with van der Waals surface area (Å²) in [6.07, 6.45) is 3.40. The number of nitrogens with one attached hydrogen (secondary N) is 1. The maximum atomic E-state index is 6.37. The molecule has 120 valence electrons. The molecule has 2 aliphatic rings. The first kappa shape index (κ1) is 15.3. The molecule has 22 heavy (non-hydrogen) atoms. The topological polar surface area (TPSA) is 36.9 Å².